The number of rotatable bonds is 5. The zero-order chi connectivity index (χ0) is 18.5. The van der Waals surface area contributed by atoms with Gasteiger partial charge in [-0.15, -0.1) is 5.10 Å². The smallest absolute Gasteiger partial charge is 0.234 e. The maximum Gasteiger partial charge on any atom is 0.234 e. The normalized spacial score (nSPS) is 21.6. The van der Waals surface area contributed by atoms with Crippen LogP contribution in [0.3, 0.4) is 0 Å². The standard InChI is InChI=1S/C20H31N5O/c1-15(2)22-20(26)14-24-8-10-25(11-9-24)19-12-18(13-21-23-19)17-6-4-16(3)5-7-17/h6,12-13,15-16H,4-5,7-11,14H2,1-3H3,(H,22,26). The molecule has 1 aromatic heterocycles. The van der Waals surface area contributed by atoms with Crippen LogP contribution < -0.4 is 10.2 Å². The van der Waals surface area contributed by atoms with Crippen LogP contribution >= 0.6 is 0 Å². The van der Waals surface area contributed by atoms with Crippen molar-refractivity contribution in [3.8, 4) is 0 Å². The molecule has 3 rings (SSSR count). The van der Waals surface area contributed by atoms with Crippen molar-refractivity contribution in [1.29, 1.82) is 0 Å². The number of anilines is 1. The molecule has 142 valence electrons. The first-order valence-electron chi connectivity index (χ1n) is 9.80. The van der Waals surface area contributed by atoms with Gasteiger partial charge in [0, 0.05) is 37.8 Å². The van der Waals surface area contributed by atoms with Crippen molar-refractivity contribution in [3.05, 3.63) is 23.9 Å². The fourth-order valence-electron chi connectivity index (χ4n) is 3.62. The number of nitrogens with zero attached hydrogens (tertiary/aromatic N) is 4. The number of carbonyl (C=O) groups excluding carboxylic acids is 1. The molecular formula is C20H31N5O. The van der Waals surface area contributed by atoms with Gasteiger partial charge in [0.05, 0.1) is 12.7 Å². The van der Waals surface area contributed by atoms with E-state index in [9.17, 15) is 4.79 Å². The SMILES string of the molecule is CC1CC=C(c2cnnc(N3CCN(CC(=O)NC(C)C)CC3)c2)CC1. The molecule has 1 amide bonds. The Bertz CT molecular complexity index is 649. The summed E-state index contributed by atoms with van der Waals surface area (Å²) in [5.41, 5.74) is 2.61. The lowest BCUT2D eigenvalue weighted by atomic mass is 9.88. The zero-order valence-corrected chi connectivity index (χ0v) is 16.2. The van der Waals surface area contributed by atoms with E-state index in [1.807, 2.05) is 20.0 Å². The topological polar surface area (TPSA) is 61.4 Å². The Morgan fingerprint density at radius 3 is 2.73 bits per heavy atom. The molecule has 1 N–H and O–H groups in total. The van der Waals surface area contributed by atoms with Crippen LogP contribution in [0.1, 0.15) is 45.6 Å². The second-order valence-corrected chi connectivity index (χ2v) is 7.90. The molecule has 2 heterocycles. The van der Waals surface area contributed by atoms with Crippen molar-refractivity contribution >= 4 is 17.3 Å². The van der Waals surface area contributed by atoms with E-state index in [-0.39, 0.29) is 11.9 Å². The summed E-state index contributed by atoms with van der Waals surface area (Å²) in [6.45, 7) is 10.3. The Balaban J connectivity index is 1.56. The lowest BCUT2D eigenvalue weighted by Gasteiger charge is -2.35. The van der Waals surface area contributed by atoms with E-state index < -0.39 is 0 Å². The monoisotopic (exact) mass is 357 g/mol. The van der Waals surface area contributed by atoms with Crippen LogP contribution in [0.4, 0.5) is 5.82 Å². The first-order valence-corrected chi connectivity index (χ1v) is 9.80. The summed E-state index contributed by atoms with van der Waals surface area (Å²) in [5.74, 6) is 1.84. The number of nitrogens with one attached hydrogen (secondary N) is 1. The highest BCUT2D eigenvalue weighted by atomic mass is 16.2. The zero-order valence-electron chi connectivity index (χ0n) is 16.2. The van der Waals surface area contributed by atoms with Crippen molar-refractivity contribution in [2.24, 2.45) is 5.92 Å². The third kappa shape index (κ3) is 5.04. The molecular weight excluding hydrogens is 326 g/mol. The predicted octanol–water partition coefficient (Wildman–Crippen LogP) is 2.33. The van der Waals surface area contributed by atoms with Gasteiger partial charge in [-0.1, -0.05) is 13.0 Å². The summed E-state index contributed by atoms with van der Waals surface area (Å²) in [6, 6.07) is 2.37. The van der Waals surface area contributed by atoms with Crippen molar-refractivity contribution in [2.45, 2.75) is 46.1 Å². The molecule has 0 bridgehead atoms. The van der Waals surface area contributed by atoms with Crippen LogP contribution in [-0.2, 0) is 4.79 Å². The Morgan fingerprint density at radius 1 is 1.31 bits per heavy atom. The van der Waals surface area contributed by atoms with E-state index in [1.165, 1.54) is 17.6 Å². The molecule has 1 unspecified atom stereocenters. The average Bonchev–Trinajstić information content (AvgIpc) is 2.62. The highest BCUT2D eigenvalue weighted by Crippen LogP contribution is 2.30. The lowest BCUT2D eigenvalue weighted by molar-refractivity contribution is -0.122. The average molecular weight is 358 g/mol. The van der Waals surface area contributed by atoms with Gasteiger partial charge in [0.15, 0.2) is 5.82 Å². The number of allylic oxidation sites excluding steroid dienone is 2. The van der Waals surface area contributed by atoms with Gasteiger partial charge in [-0.3, -0.25) is 9.69 Å². The largest absolute Gasteiger partial charge is 0.353 e. The van der Waals surface area contributed by atoms with Crippen molar-refractivity contribution in [3.63, 3.8) is 0 Å². The van der Waals surface area contributed by atoms with Gasteiger partial charge in [0.2, 0.25) is 5.91 Å². The van der Waals surface area contributed by atoms with Gasteiger partial charge in [0.25, 0.3) is 0 Å². The van der Waals surface area contributed by atoms with E-state index in [1.54, 1.807) is 0 Å². The quantitative estimate of drug-likeness (QED) is 0.876. The van der Waals surface area contributed by atoms with E-state index in [2.05, 4.69) is 44.4 Å². The van der Waals surface area contributed by atoms with Crippen LogP contribution in [0.15, 0.2) is 18.3 Å². The molecule has 0 spiro atoms. The van der Waals surface area contributed by atoms with Crippen LogP contribution in [0.25, 0.3) is 5.57 Å². The van der Waals surface area contributed by atoms with Gasteiger partial charge in [-0.25, -0.2) is 0 Å². The molecule has 2 aliphatic rings. The second-order valence-electron chi connectivity index (χ2n) is 7.90. The first kappa shape index (κ1) is 18.8. The molecule has 6 heteroatoms. The third-order valence-electron chi connectivity index (χ3n) is 5.20. The van der Waals surface area contributed by atoms with Gasteiger partial charge in [-0.05, 0) is 50.7 Å². The summed E-state index contributed by atoms with van der Waals surface area (Å²) < 4.78 is 0. The molecule has 1 atom stereocenters. The van der Waals surface area contributed by atoms with Crippen molar-refractivity contribution < 1.29 is 4.79 Å². The van der Waals surface area contributed by atoms with E-state index in [0.29, 0.717) is 6.54 Å². The third-order valence-corrected chi connectivity index (χ3v) is 5.20. The molecule has 0 aromatic carbocycles. The summed E-state index contributed by atoms with van der Waals surface area (Å²) in [4.78, 5) is 16.4. The summed E-state index contributed by atoms with van der Waals surface area (Å²) >= 11 is 0. The van der Waals surface area contributed by atoms with E-state index in [4.69, 9.17) is 0 Å². The van der Waals surface area contributed by atoms with Crippen LogP contribution in [0, 0.1) is 5.92 Å². The number of carbonyl (C=O) groups is 1. The fraction of sp³-hybridized carbons (Fsp3) is 0.650. The molecule has 1 saturated heterocycles. The highest BCUT2D eigenvalue weighted by Gasteiger charge is 2.21. The minimum Gasteiger partial charge on any atom is -0.353 e. The predicted molar refractivity (Wildman–Crippen MR) is 105 cm³/mol. The minimum absolute atomic E-state index is 0.105. The molecule has 0 radical (unpaired) electrons. The summed E-state index contributed by atoms with van der Waals surface area (Å²) in [6.07, 6.45) is 7.79. The van der Waals surface area contributed by atoms with Gasteiger partial charge >= 0.3 is 0 Å². The lowest BCUT2D eigenvalue weighted by Crippen LogP contribution is -2.50. The molecule has 1 aliphatic carbocycles. The molecule has 0 saturated carbocycles. The summed E-state index contributed by atoms with van der Waals surface area (Å²) in [7, 11) is 0. The summed E-state index contributed by atoms with van der Waals surface area (Å²) in [5, 5.41) is 11.6. The second kappa shape index (κ2) is 8.62. The maximum atomic E-state index is 11.9. The molecule has 1 aliphatic heterocycles. The molecule has 26 heavy (non-hydrogen) atoms. The Morgan fingerprint density at radius 2 is 2.08 bits per heavy atom. The fourth-order valence-corrected chi connectivity index (χ4v) is 3.62. The van der Waals surface area contributed by atoms with Gasteiger partial charge in [-0.2, -0.15) is 5.10 Å². The van der Waals surface area contributed by atoms with E-state index in [0.717, 1.165) is 50.8 Å². The van der Waals surface area contributed by atoms with Gasteiger partial charge < -0.3 is 10.2 Å². The Labute approximate surface area is 156 Å². The van der Waals surface area contributed by atoms with Crippen LogP contribution in [0.5, 0.6) is 0 Å². The number of amides is 1. The number of piperazine rings is 1. The van der Waals surface area contributed by atoms with Crippen LogP contribution in [0.2, 0.25) is 0 Å². The number of hydrogen-bond donors (Lipinski definition) is 1. The van der Waals surface area contributed by atoms with Crippen LogP contribution in [-0.4, -0.2) is 59.8 Å². The first-order chi connectivity index (χ1) is 12.5. The highest BCUT2D eigenvalue weighted by molar-refractivity contribution is 5.78. The number of hydrogen-bond acceptors (Lipinski definition) is 5. The molecule has 1 aromatic rings. The molecule has 1 fully saturated rings. The maximum absolute atomic E-state index is 11.9. The van der Waals surface area contributed by atoms with Crippen molar-refractivity contribution in [1.82, 2.24) is 20.4 Å². The Kier molecular flexibility index (Phi) is 6.25. The molecule has 6 nitrogen and oxygen atoms in total. The van der Waals surface area contributed by atoms with Crippen molar-refractivity contribution in [2.75, 3.05) is 37.6 Å². The van der Waals surface area contributed by atoms with Gasteiger partial charge in [0.1, 0.15) is 0 Å². The minimum atomic E-state index is 0.105. The Hall–Kier alpha value is -1.95. The van der Waals surface area contributed by atoms with E-state index >= 15 is 0 Å². The number of aromatic nitrogens is 2.